The van der Waals surface area contributed by atoms with E-state index in [1.807, 2.05) is 31.2 Å². The van der Waals surface area contributed by atoms with Crippen molar-refractivity contribution in [2.75, 3.05) is 20.2 Å². The largest absolute Gasteiger partial charge is 0.497 e. The van der Waals surface area contributed by atoms with Gasteiger partial charge in [0.1, 0.15) is 10.9 Å². The van der Waals surface area contributed by atoms with Crippen molar-refractivity contribution in [3.05, 3.63) is 57.8 Å². The molecule has 25 heavy (non-hydrogen) atoms. The molecule has 0 radical (unpaired) electrons. The molecule has 0 aliphatic heterocycles. The van der Waals surface area contributed by atoms with Crippen molar-refractivity contribution >= 4 is 29.2 Å². The number of benzene rings is 1. The van der Waals surface area contributed by atoms with Crippen LogP contribution in [0.4, 0.5) is 0 Å². The van der Waals surface area contributed by atoms with Gasteiger partial charge in [-0.15, -0.1) is 0 Å². The summed E-state index contributed by atoms with van der Waals surface area (Å²) in [7, 11) is 1.63. The number of hydrogen-bond donors (Lipinski definition) is 2. The van der Waals surface area contributed by atoms with Gasteiger partial charge in [0.2, 0.25) is 0 Å². The molecule has 0 amide bonds. The maximum absolute atomic E-state index is 6.27. The first-order chi connectivity index (χ1) is 12.1. The highest BCUT2D eigenvalue weighted by molar-refractivity contribution is 6.31. The molecular formula is C18H22Cl2N4O. The van der Waals surface area contributed by atoms with Crippen molar-refractivity contribution < 1.29 is 4.74 Å². The molecule has 0 saturated heterocycles. The van der Waals surface area contributed by atoms with Gasteiger partial charge in [0.15, 0.2) is 5.96 Å². The highest BCUT2D eigenvalue weighted by atomic mass is 35.5. The molecule has 2 rings (SSSR count). The minimum Gasteiger partial charge on any atom is -0.497 e. The first kappa shape index (κ1) is 19.3. The fourth-order valence-electron chi connectivity index (χ4n) is 2.19. The zero-order valence-corrected chi connectivity index (χ0v) is 15.9. The zero-order chi connectivity index (χ0) is 18.1. The number of pyridine rings is 1. The molecule has 2 aromatic rings. The number of guanidine groups is 1. The van der Waals surface area contributed by atoms with Gasteiger partial charge in [-0.3, -0.25) is 0 Å². The Hall–Kier alpha value is -1.98. The number of methoxy groups -OCH3 is 1. The van der Waals surface area contributed by atoms with E-state index in [1.165, 1.54) is 0 Å². The number of hydrogen-bond acceptors (Lipinski definition) is 3. The molecule has 0 unspecified atom stereocenters. The summed E-state index contributed by atoms with van der Waals surface area (Å²) in [6, 6.07) is 9.39. The number of rotatable bonds is 7. The Bertz CT molecular complexity index is 705. The molecule has 134 valence electrons. The summed E-state index contributed by atoms with van der Waals surface area (Å²) >= 11 is 12.1. The quantitative estimate of drug-likeness (QED) is 0.436. The van der Waals surface area contributed by atoms with E-state index in [0.29, 0.717) is 16.7 Å². The van der Waals surface area contributed by atoms with E-state index < -0.39 is 0 Å². The highest BCUT2D eigenvalue weighted by Gasteiger charge is 2.04. The van der Waals surface area contributed by atoms with Crippen molar-refractivity contribution in [1.29, 1.82) is 0 Å². The van der Waals surface area contributed by atoms with Crippen LogP contribution in [-0.2, 0) is 13.0 Å². The summed E-state index contributed by atoms with van der Waals surface area (Å²) in [4.78, 5) is 8.61. The van der Waals surface area contributed by atoms with Crippen LogP contribution in [0.2, 0.25) is 10.2 Å². The van der Waals surface area contributed by atoms with Gasteiger partial charge in [0, 0.05) is 24.3 Å². The van der Waals surface area contributed by atoms with Gasteiger partial charge in [0.05, 0.1) is 13.7 Å². The Labute approximate surface area is 158 Å². The second kappa shape index (κ2) is 10.1. The van der Waals surface area contributed by atoms with Crippen molar-refractivity contribution in [1.82, 2.24) is 15.6 Å². The Morgan fingerprint density at radius 3 is 2.68 bits per heavy atom. The third-order valence-electron chi connectivity index (χ3n) is 3.50. The van der Waals surface area contributed by atoms with Crippen molar-refractivity contribution in [2.24, 2.45) is 4.99 Å². The average molecular weight is 381 g/mol. The fraction of sp³-hybridized carbons (Fsp3) is 0.333. The second-order valence-corrected chi connectivity index (χ2v) is 6.11. The molecule has 0 aliphatic rings. The average Bonchev–Trinajstić information content (AvgIpc) is 2.62. The zero-order valence-electron chi connectivity index (χ0n) is 14.4. The van der Waals surface area contributed by atoms with Gasteiger partial charge in [0.25, 0.3) is 0 Å². The first-order valence-electron chi connectivity index (χ1n) is 8.07. The van der Waals surface area contributed by atoms with Crippen molar-refractivity contribution in [3.8, 4) is 5.75 Å². The predicted molar refractivity (Wildman–Crippen MR) is 104 cm³/mol. The smallest absolute Gasteiger partial charge is 0.191 e. The molecule has 0 bridgehead atoms. The maximum Gasteiger partial charge on any atom is 0.191 e. The molecule has 0 spiro atoms. The lowest BCUT2D eigenvalue weighted by atomic mass is 10.1. The van der Waals surface area contributed by atoms with Gasteiger partial charge >= 0.3 is 0 Å². The number of halogens is 2. The summed E-state index contributed by atoms with van der Waals surface area (Å²) < 4.78 is 5.16. The van der Waals surface area contributed by atoms with E-state index in [1.54, 1.807) is 19.4 Å². The summed E-state index contributed by atoms with van der Waals surface area (Å²) in [6.45, 7) is 4.06. The van der Waals surface area contributed by atoms with Crippen LogP contribution in [0.15, 0.2) is 41.5 Å². The Morgan fingerprint density at radius 2 is 2.04 bits per heavy atom. The molecule has 5 nitrogen and oxygen atoms in total. The molecule has 0 fully saturated rings. The van der Waals surface area contributed by atoms with Crippen LogP contribution in [0.5, 0.6) is 5.75 Å². The molecular weight excluding hydrogens is 359 g/mol. The van der Waals surface area contributed by atoms with E-state index in [0.717, 1.165) is 42.3 Å². The van der Waals surface area contributed by atoms with Gasteiger partial charge in [-0.2, -0.15) is 0 Å². The summed E-state index contributed by atoms with van der Waals surface area (Å²) in [5.74, 6) is 1.51. The van der Waals surface area contributed by atoms with Crippen LogP contribution in [-0.4, -0.2) is 31.1 Å². The number of ether oxygens (including phenoxy) is 1. The Kier molecular flexibility index (Phi) is 7.82. The van der Waals surface area contributed by atoms with Crippen LogP contribution >= 0.6 is 23.2 Å². The molecule has 0 atom stereocenters. The highest BCUT2D eigenvalue weighted by Crippen LogP contribution is 2.22. The molecule has 1 aromatic carbocycles. The van der Waals surface area contributed by atoms with Crippen LogP contribution in [0.1, 0.15) is 18.1 Å². The number of aliphatic imine (C=N–C) groups is 1. The first-order valence-corrected chi connectivity index (χ1v) is 8.83. The topological polar surface area (TPSA) is 58.5 Å². The number of aromatic nitrogens is 1. The summed E-state index contributed by atoms with van der Waals surface area (Å²) in [5.41, 5.74) is 2.06. The van der Waals surface area contributed by atoms with E-state index in [9.17, 15) is 0 Å². The van der Waals surface area contributed by atoms with Crippen LogP contribution < -0.4 is 15.4 Å². The number of nitrogens with one attached hydrogen (secondary N) is 2. The van der Waals surface area contributed by atoms with E-state index in [-0.39, 0.29) is 0 Å². The van der Waals surface area contributed by atoms with Gasteiger partial charge in [-0.1, -0.05) is 35.3 Å². The lowest BCUT2D eigenvalue weighted by Gasteiger charge is -2.12. The second-order valence-electron chi connectivity index (χ2n) is 5.32. The SMILES string of the molecule is CCNC(=NCc1ccc(Cl)nc1)NCCc1ccc(OC)cc1Cl. The van der Waals surface area contributed by atoms with Crippen molar-refractivity contribution in [3.63, 3.8) is 0 Å². The monoisotopic (exact) mass is 380 g/mol. The molecule has 0 aliphatic carbocycles. The third kappa shape index (κ3) is 6.44. The van der Waals surface area contributed by atoms with Crippen LogP contribution in [0.3, 0.4) is 0 Å². The Balaban J connectivity index is 1.90. The predicted octanol–water partition coefficient (Wildman–Crippen LogP) is 3.69. The molecule has 7 heteroatoms. The maximum atomic E-state index is 6.27. The molecule has 2 N–H and O–H groups in total. The fourth-order valence-corrected chi connectivity index (χ4v) is 2.56. The standard InChI is InChI=1S/C18H22Cl2N4O/c1-3-21-18(24-12-13-4-7-17(20)23-11-13)22-9-8-14-5-6-15(25-2)10-16(14)19/h4-7,10-11H,3,8-9,12H2,1-2H3,(H2,21,22,24). The molecule has 1 heterocycles. The minimum absolute atomic E-state index is 0.481. The third-order valence-corrected chi connectivity index (χ3v) is 4.08. The molecule has 0 saturated carbocycles. The minimum atomic E-state index is 0.481. The van der Waals surface area contributed by atoms with Crippen LogP contribution in [0, 0.1) is 0 Å². The van der Waals surface area contributed by atoms with E-state index >= 15 is 0 Å². The number of nitrogens with zero attached hydrogens (tertiary/aromatic N) is 2. The van der Waals surface area contributed by atoms with Gasteiger partial charge in [-0.05, 0) is 42.7 Å². The van der Waals surface area contributed by atoms with E-state index in [4.69, 9.17) is 27.9 Å². The Morgan fingerprint density at radius 1 is 1.20 bits per heavy atom. The van der Waals surface area contributed by atoms with Gasteiger partial charge < -0.3 is 15.4 Å². The lowest BCUT2D eigenvalue weighted by molar-refractivity contribution is 0.414. The summed E-state index contributed by atoms with van der Waals surface area (Å²) in [6.07, 6.45) is 2.52. The molecule has 1 aromatic heterocycles. The van der Waals surface area contributed by atoms with E-state index in [2.05, 4.69) is 20.6 Å². The summed E-state index contributed by atoms with van der Waals surface area (Å²) in [5, 5.41) is 7.72. The van der Waals surface area contributed by atoms with Crippen molar-refractivity contribution in [2.45, 2.75) is 19.9 Å². The normalized spacial score (nSPS) is 11.3. The lowest BCUT2D eigenvalue weighted by Crippen LogP contribution is -2.38. The van der Waals surface area contributed by atoms with Crippen LogP contribution in [0.25, 0.3) is 0 Å². The van der Waals surface area contributed by atoms with Gasteiger partial charge in [-0.25, -0.2) is 9.98 Å².